The molecule has 1 aliphatic heterocycles. The summed E-state index contributed by atoms with van der Waals surface area (Å²) in [7, 11) is 1.60. The first-order valence-corrected chi connectivity index (χ1v) is 5.58. The fraction of sp³-hybridized carbons (Fsp3) is 0.909. The van der Waals surface area contributed by atoms with Crippen LogP contribution in [0.5, 0.6) is 0 Å². The summed E-state index contributed by atoms with van der Waals surface area (Å²) < 4.78 is 10.5. The highest BCUT2D eigenvalue weighted by molar-refractivity contribution is 5.68. The van der Waals surface area contributed by atoms with Crippen LogP contribution in [0.1, 0.15) is 33.6 Å². The number of nitrogens with two attached hydrogens (primary N) is 1. The third-order valence-electron chi connectivity index (χ3n) is 2.67. The van der Waals surface area contributed by atoms with Crippen LogP contribution in [-0.2, 0) is 9.47 Å². The molecule has 5 nitrogen and oxygen atoms in total. The van der Waals surface area contributed by atoms with Gasteiger partial charge in [0, 0.05) is 33.0 Å². The minimum atomic E-state index is -0.585. The SMILES string of the molecule is COC1(N)CCN(C(=O)OC(C)(C)C)CC1. The molecule has 0 atom stereocenters. The minimum Gasteiger partial charge on any atom is -0.444 e. The van der Waals surface area contributed by atoms with E-state index in [0.29, 0.717) is 25.9 Å². The van der Waals surface area contributed by atoms with Gasteiger partial charge in [0.15, 0.2) is 0 Å². The second kappa shape index (κ2) is 4.59. The number of likely N-dealkylation sites (tertiary alicyclic amines) is 1. The van der Waals surface area contributed by atoms with E-state index in [1.54, 1.807) is 12.0 Å². The van der Waals surface area contributed by atoms with E-state index in [9.17, 15) is 4.79 Å². The van der Waals surface area contributed by atoms with E-state index in [1.165, 1.54) is 0 Å². The van der Waals surface area contributed by atoms with Crippen LogP contribution in [0.3, 0.4) is 0 Å². The van der Waals surface area contributed by atoms with E-state index < -0.39 is 11.3 Å². The van der Waals surface area contributed by atoms with Gasteiger partial charge in [-0.1, -0.05) is 0 Å². The standard InChI is InChI=1S/C11H22N2O3/c1-10(2,3)16-9(14)13-7-5-11(12,15-4)6-8-13/h5-8,12H2,1-4H3. The number of methoxy groups -OCH3 is 1. The van der Waals surface area contributed by atoms with Crippen LogP contribution < -0.4 is 5.73 Å². The maximum atomic E-state index is 11.7. The van der Waals surface area contributed by atoms with Crippen LogP contribution in [0.2, 0.25) is 0 Å². The molecule has 0 bridgehead atoms. The monoisotopic (exact) mass is 230 g/mol. The van der Waals surface area contributed by atoms with Crippen LogP contribution in [0.4, 0.5) is 4.79 Å². The Bertz CT molecular complexity index is 252. The number of piperidine rings is 1. The van der Waals surface area contributed by atoms with E-state index in [2.05, 4.69) is 0 Å². The van der Waals surface area contributed by atoms with Gasteiger partial charge in [-0.2, -0.15) is 0 Å². The number of ether oxygens (including phenoxy) is 2. The zero-order valence-electron chi connectivity index (χ0n) is 10.6. The molecule has 1 saturated heterocycles. The molecule has 0 spiro atoms. The van der Waals surface area contributed by atoms with Gasteiger partial charge in [0.25, 0.3) is 0 Å². The van der Waals surface area contributed by atoms with Crippen LogP contribution >= 0.6 is 0 Å². The zero-order valence-corrected chi connectivity index (χ0v) is 10.6. The summed E-state index contributed by atoms with van der Waals surface area (Å²) in [5.74, 6) is 0. The lowest BCUT2D eigenvalue weighted by molar-refractivity contribution is -0.0560. The molecule has 0 unspecified atom stereocenters. The van der Waals surface area contributed by atoms with Gasteiger partial charge in [0.1, 0.15) is 11.3 Å². The van der Waals surface area contributed by atoms with Crippen molar-refractivity contribution < 1.29 is 14.3 Å². The lowest BCUT2D eigenvalue weighted by atomic mass is 10.0. The van der Waals surface area contributed by atoms with Crippen molar-refractivity contribution in [2.75, 3.05) is 20.2 Å². The number of rotatable bonds is 1. The molecule has 0 saturated carbocycles. The normalized spacial score (nSPS) is 20.7. The van der Waals surface area contributed by atoms with Crippen LogP contribution in [-0.4, -0.2) is 42.5 Å². The van der Waals surface area contributed by atoms with Crippen molar-refractivity contribution in [2.45, 2.75) is 44.9 Å². The Balaban J connectivity index is 2.45. The summed E-state index contributed by atoms with van der Waals surface area (Å²) in [5, 5.41) is 0. The minimum absolute atomic E-state index is 0.273. The van der Waals surface area contributed by atoms with Gasteiger partial charge in [0.2, 0.25) is 0 Å². The molecule has 5 heteroatoms. The lowest BCUT2D eigenvalue weighted by Crippen LogP contribution is -2.53. The van der Waals surface area contributed by atoms with Gasteiger partial charge in [0.05, 0.1) is 0 Å². The van der Waals surface area contributed by atoms with Crippen molar-refractivity contribution in [1.29, 1.82) is 0 Å². The molecule has 0 radical (unpaired) electrons. The smallest absolute Gasteiger partial charge is 0.410 e. The average molecular weight is 230 g/mol. The van der Waals surface area contributed by atoms with E-state index in [0.717, 1.165) is 0 Å². The maximum absolute atomic E-state index is 11.7. The highest BCUT2D eigenvalue weighted by Gasteiger charge is 2.33. The van der Waals surface area contributed by atoms with Gasteiger partial charge in [-0.25, -0.2) is 4.79 Å². The highest BCUT2D eigenvalue weighted by atomic mass is 16.6. The molecule has 16 heavy (non-hydrogen) atoms. The van der Waals surface area contributed by atoms with Crippen molar-refractivity contribution in [3.05, 3.63) is 0 Å². The Labute approximate surface area is 96.9 Å². The fourth-order valence-corrected chi connectivity index (χ4v) is 1.60. The molecule has 1 heterocycles. The summed E-state index contributed by atoms with van der Waals surface area (Å²) in [4.78, 5) is 13.4. The highest BCUT2D eigenvalue weighted by Crippen LogP contribution is 2.21. The molecule has 1 fully saturated rings. The van der Waals surface area contributed by atoms with Gasteiger partial charge < -0.3 is 20.1 Å². The summed E-state index contributed by atoms with van der Waals surface area (Å²) in [5.41, 5.74) is 4.91. The second-order valence-electron chi connectivity index (χ2n) is 5.24. The number of hydrogen-bond donors (Lipinski definition) is 1. The molecule has 1 amide bonds. The third-order valence-corrected chi connectivity index (χ3v) is 2.67. The molecule has 94 valence electrons. The molecule has 0 aromatic heterocycles. The molecule has 0 aromatic carbocycles. The third kappa shape index (κ3) is 3.64. The molecule has 0 aliphatic carbocycles. The Kier molecular flexibility index (Phi) is 3.80. The van der Waals surface area contributed by atoms with Crippen LogP contribution in [0.25, 0.3) is 0 Å². The number of carbonyl (C=O) groups is 1. The number of carbonyl (C=O) groups excluding carboxylic acids is 1. The number of hydrogen-bond acceptors (Lipinski definition) is 4. The maximum Gasteiger partial charge on any atom is 0.410 e. The lowest BCUT2D eigenvalue weighted by Gasteiger charge is -2.38. The Hall–Kier alpha value is -0.810. The molecular formula is C11H22N2O3. The first-order chi connectivity index (χ1) is 7.26. The van der Waals surface area contributed by atoms with Gasteiger partial charge in [-0.3, -0.25) is 0 Å². The van der Waals surface area contributed by atoms with Crippen LogP contribution in [0, 0.1) is 0 Å². The summed E-state index contributed by atoms with van der Waals surface area (Å²) in [6.07, 6.45) is 1.01. The molecular weight excluding hydrogens is 208 g/mol. The Morgan fingerprint density at radius 2 is 1.81 bits per heavy atom. The molecule has 1 aliphatic rings. The van der Waals surface area contributed by atoms with Crippen molar-refractivity contribution in [1.82, 2.24) is 4.90 Å². The van der Waals surface area contributed by atoms with Gasteiger partial charge in [-0.15, -0.1) is 0 Å². The number of amides is 1. The second-order valence-corrected chi connectivity index (χ2v) is 5.24. The zero-order chi connectivity index (χ0) is 12.4. The Morgan fingerprint density at radius 3 is 2.19 bits per heavy atom. The topological polar surface area (TPSA) is 64.8 Å². The molecule has 1 rings (SSSR count). The van der Waals surface area contributed by atoms with Gasteiger partial charge in [-0.05, 0) is 20.8 Å². The van der Waals surface area contributed by atoms with Crippen molar-refractivity contribution in [3.63, 3.8) is 0 Å². The quantitative estimate of drug-likeness (QED) is 0.690. The van der Waals surface area contributed by atoms with Crippen molar-refractivity contribution in [2.24, 2.45) is 5.73 Å². The Morgan fingerprint density at radius 1 is 1.31 bits per heavy atom. The van der Waals surface area contributed by atoms with Crippen molar-refractivity contribution in [3.8, 4) is 0 Å². The van der Waals surface area contributed by atoms with Crippen molar-refractivity contribution >= 4 is 6.09 Å². The van der Waals surface area contributed by atoms with Gasteiger partial charge >= 0.3 is 6.09 Å². The van der Waals surface area contributed by atoms with Crippen LogP contribution in [0.15, 0.2) is 0 Å². The number of nitrogens with zero attached hydrogens (tertiary/aromatic N) is 1. The van der Waals surface area contributed by atoms with E-state index in [-0.39, 0.29) is 6.09 Å². The van der Waals surface area contributed by atoms with E-state index in [1.807, 2.05) is 20.8 Å². The summed E-state index contributed by atoms with van der Waals surface area (Å²) in [6.45, 7) is 6.74. The largest absolute Gasteiger partial charge is 0.444 e. The fourth-order valence-electron chi connectivity index (χ4n) is 1.60. The van der Waals surface area contributed by atoms with E-state index >= 15 is 0 Å². The predicted octanol–water partition coefficient (Wildman–Crippen LogP) is 1.32. The predicted molar refractivity (Wildman–Crippen MR) is 61.0 cm³/mol. The van der Waals surface area contributed by atoms with E-state index in [4.69, 9.17) is 15.2 Å². The first-order valence-electron chi connectivity index (χ1n) is 5.58. The molecule has 2 N–H and O–H groups in total. The summed E-state index contributed by atoms with van der Waals surface area (Å²) in [6, 6.07) is 0. The first kappa shape index (κ1) is 13.3. The summed E-state index contributed by atoms with van der Waals surface area (Å²) >= 11 is 0. The molecule has 0 aromatic rings. The average Bonchev–Trinajstić information content (AvgIpc) is 2.16.